The zero-order valence-corrected chi connectivity index (χ0v) is 14.4. The molecular weight excluding hydrogens is 256 g/mol. The third kappa shape index (κ3) is 4.47. The number of rotatable bonds is 5. The summed E-state index contributed by atoms with van der Waals surface area (Å²) in [4.78, 5) is 2.59. The van der Waals surface area contributed by atoms with Gasteiger partial charge in [-0.1, -0.05) is 39.8 Å². The molecular formula is C19H32N2. The van der Waals surface area contributed by atoms with Crippen LogP contribution in [0.15, 0.2) is 24.3 Å². The number of hydrogen-bond acceptors (Lipinski definition) is 2. The van der Waals surface area contributed by atoms with Crippen molar-refractivity contribution in [1.82, 2.24) is 5.32 Å². The van der Waals surface area contributed by atoms with E-state index in [4.69, 9.17) is 0 Å². The van der Waals surface area contributed by atoms with Crippen molar-refractivity contribution in [3.05, 3.63) is 29.8 Å². The number of anilines is 1. The fraction of sp³-hybridized carbons (Fsp3) is 0.684. The lowest BCUT2D eigenvalue weighted by Gasteiger charge is -2.42. The van der Waals surface area contributed by atoms with Crippen LogP contribution < -0.4 is 10.2 Å². The Kier molecular flexibility index (Phi) is 5.69. The predicted octanol–water partition coefficient (Wildman–Crippen LogP) is 4.30. The third-order valence-electron chi connectivity index (χ3n) is 4.75. The molecule has 0 saturated carbocycles. The summed E-state index contributed by atoms with van der Waals surface area (Å²) >= 11 is 0. The van der Waals surface area contributed by atoms with Crippen molar-refractivity contribution in [2.24, 2.45) is 17.8 Å². The normalized spacial score (nSPS) is 26.4. The molecule has 2 heteroatoms. The second-order valence-electron chi connectivity index (χ2n) is 7.40. The Morgan fingerprint density at radius 3 is 2.43 bits per heavy atom. The fourth-order valence-electron chi connectivity index (χ4n) is 3.37. The molecule has 118 valence electrons. The molecule has 1 fully saturated rings. The number of piperidine rings is 1. The molecule has 0 spiro atoms. The van der Waals surface area contributed by atoms with Crippen LogP contribution in [0.2, 0.25) is 0 Å². The quantitative estimate of drug-likeness (QED) is 0.869. The second-order valence-corrected chi connectivity index (χ2v) is 7.40. The van der Waals surface area contributed by atoms with E-state index in [-0.39, 0.29) is 0 Å². The Morgan fingerprint density at radius 1 is 1.14 bits per heavy atom. The molecule has 1 aromatic carbocycles. The molecule has 21 heavy (non-hydrogen) atoms. The van der Waals surface area contributed by atoms with Crippen LogP contribution in [-0.2, 0) is 6.54 Å². The van der Waals surface area contributed by atoms with Gasteiger partial charge in [-0.25, -0.2) is 0 Å². The van der Waals surface area contributed by atoms with Gasteiger partial charge in [-0.3, -0.25) is 0 Å². The molecule has 0 aliphatic carbocycles. The van der Waals surface area contributed by atoms with E-state index in [0.29, 0.717) is 12.0 Å². The zero-order valence-electron chi connectivity index (χ0n) is 14.4. The minimum atomic E-state index is 0.645. The summed E-state index contributed by atoms with van der Waals surface area (Å²) in [5.74, 6) is 2.28. The fourth-order valence-corrected chi connectivity index (χ4v) is 3.37. The Bertz CT molecular complexity index is 424. The lowest BCUT2D eigenvalue weighted by Crippen LogP contribution is -2.45. The summed E-state index contributed by atoms with van der Waals surface area (Å²) in [6, 6.07) is 9.80. The van der Waals surface area contributed by atoms with Gasteiger partial charge in [0, 0.05) is 24.8 Å². The lowest BCUT2D eigenvalue weighted by atomic mass is 9.85. The minimum absolute atomic E-state index is 0.645. The number of hydrogen-bond donors (Lipinski definition) is 1. The molecule has 1 aliphatic heterocycles. The molecule has 1 heterocycles. The number of nitrogens with zero attached hydrogens (tertiary/aromatic N) is 1. The lowest BCUT2D eigenvalue weighted by molar-refractivity contribution is 0.297. The largest absolute Gasteiger partial charge is 0.368 e. The first-order valence-electron chi connectivity index (χ1n) is 8.53. The topological polar surface area (TPSA) is 15.3 Å². The molecule has 0 radical (unpaired) electrons. The second kappa shape index (κ2) is 7.31. The van der Waals surface area contributed by atoms with Crippen molar-refractivity contribution in [2.45, 2.75) is 53.6 Å². The van der Waals surface area contributed by atoms with Gasteiger partial charge in [0.25, 0.3) is 0 Å². The first kappa shape index (κ1) is 16.4. The molecule has 2 nitrogen and oxygen atoms in total. The first-order chi connectivity index (χ1) is 9.97. The number of nitrogens with one attached hydrogen (secondary N) is 1. The highest BCUT2D eigenvalue weighted by Crippen LogP contribution is 2.31. The zero-order chi connectivity index (χ0) is 15.4. The van der Waals surface area contributed by atoms with E-state index in [9.17, 15) is 0 Å². The Labute approximate surface area is 130 Å². The third-order valence-corrected chi connectivity index (χ3v) is 4.75. The maximum absolute atomic E-state index is 3.51. The van der Waals surface area contributed by atoms with E-state index in [0.717, 1.165) is 24.9 Å². The number of benzene rings is 1. The molecule has 0 bridgehead atoms. The Hall–Kier alpha value is -1.02. The van der Waals surface area contributed by atoms with E-state index in [1.54, 1.807) is 0 Å². The van der Waals surface area contributed by atoms with Crippen molar-refractivity contribution < 1.29 is 0 Å². The van der Waals surface area contributed by atoms with Crippen LogP contribution >= 0.6 is 0 Å². The molecule has 1 aliphatic rings. The van der Waals surface area contributed by atoms with E-state index < -0.39 is 0 Å². The van der Waals surface area contributed by atoms with Crippen LogP contribution in [0.25, 0.3) is 0 Å². The standard InChI is InChI=1S/C19H32N2/c1-14(2)11-20-12-18-6-8-19(9-7-18)21-13-15(3)10-16(4)17(21)5/h6-9,14-17,20H,10-13H2,1-5H3. The molecule has 1 saturated heterocycles. The summed E-state index contributed by atoms with van der Waals surface area (Å²) < 4.78 is 0. The van der Waals surface area contributed by atoms with Crippen LogP contribution in [-0.4, -0.2) is 19.1 Å². The molecule has 1 N–H and O–H groups in total. The van der Waals surface area contributed by atoms with Crippen molar-refractivity contribution in [3.63, 3.8) is 0 Å². The summed E-state index contributed by atoms with van der Waals surface area (Å²) in [7, 11) is 0. The average Bonchev–Trinajstić information content (AvgIpc) is 2.43. The van der Waals surface area contributed by atoms with Gasteiger partial charge in [0.05, 0.1) is 0 Å². The van der Waals surface area contributed by atoms with Gasteiger partial charge < -0.3 is 10.2 Å². The molecule has 3 unspecified atom stereocenters. The predicted molar refractivity (Wildman–Crippen MR) is 92.7 cm³/mol. The Balaban J connectivity index is 1.97. The monoisotopic (exact) mass is 288 g/mol. The van der Waals surface area contributed by atoms with Gasteiger partial charge in [-0.05, 0) is 55.3 Å². The van der Waals surface area contributed by atoms with E-state index in [2.05, 4.69) is 69.1 Å². The van der Waals surface area contributed by atoms with Crippen molar-refractivity contribution in [2.75, 3.05) is 18.0 Å². The van der Waals surface area contributed by atoms with Crippen LogP contribution in [0.1, 0.15) is 46.6 Å². The van der Waals surface area contributed by atoms with Gasteiger partial charge in [-0.15, -0.1) is 0 Å². The van der Waals surface area contributed by atoms with Crippen molar-refractivity contribution in [3.8, 4) is 0 Å². The van der Waals surface area contributed by atoms with Gasteiger partial charge in [0.1, 0.15) is 0 Å². The average molecular weight is 288 g/mol. The maximum Gasteiger partial charge on any atom is 0.0368 e. The SMILES string of the molecule is CC(C)CNCc1ccc(N2CC(C)CC(C)C2C)cc1. The summed E-state index contributed by atoms with van der Waals surface area (Å²) in [5.41, 5.74) is 2.76. The molecule has 0 aromatic heterocycles. The highest BCUT2D eigenvalue weighted by Gasteiger charge is 2.28. The van der Waals surface area contributed by atoms with Gasteiger partial charge in [0.15, 0.2) is 0 Å². The molecule has 0 amide bonds. The smallest absolute Gasteiger partial charge is 0.0368 e. The summed E-state index contributed by atoms with van der Waals surface area (Å²) in [6.45, 7) is 14.9. The van der Waals surface area contributed by atoms with Crippen LogP contribution in [0.5, 0.6) is 0 Å². The van der Waals surface area contributed by atoms with Gasteiger partial charge in [0.2, 0.25) is 0 Å². The Morgan fingerprint density at radius 2 is 1.81 bits per heavy atom. The molecule has 1 aromatic rings. The van der Waals surface area contributed by atoms with Crippen LogP contribution in [0, 0.1) is 17.8 Å². The van der Waals surface area contributed by atoms with Gasteiger partial charge in [-0.2, -0.15) is 0 Å². The van der Waals surface area contributed by atoms with E-state index in [1.807, 2.05) is 0 Å². The summed E-state index contributed by atoms with van der Waals surface area (Å²) in [6.07, 6.45) is 1.36. The van der Waals surface area contributed by atoms with Gasteiger partial charge >= 0.3 is 0 Å². The highest BCUT2D eigenvalue weighted by atomic mass is 15.2. The summed E-state index contributed by atoms with van der Waals surface area (Å²) in [5, 5.41) is 3.51. The van der Waals surface area contributed by atoms with Crippen molar-refractivity contribution in [1.29, 1.82) is 0 Å². The van der Waals surface area contributed by atoms with Crippen molar-refractivity contribution >= 4 is 5.69 Å². The molecule has 2 rings (SSSR count). The molecule has 3 atom stereocenters. The first-order valence-corrected chi connectivity index (χ1v) is 8.53. The maximum atomic E-state index is 3.51. The van der Waals surface area contributed by atoms with Crippen LogP contribution in [0.4, 0.5) is 5.69 Å². The van der Waals surface area contributed by atoms with Crippen LogP contribution in [0.3, 0.4) is 0 Å². The van der Waals surface area contributed by atoms with E-state index >= 15 is 0 Å². The minimum Gasteiger partial charge on any atom is -0.368 e. The van der Waals surface area contributed by atoms with E-state index in [1.165, 1.54) is 24.2 Å². The highest BCUT2D eigenvalue weighted by molar-refractivity contribution is 5.49.